The van der Waals surface area contributed by atoms with Gasteiger partial charge in [-0.25, -0.2) is 18.4 Å². The van der Waals surface area contributed by atoms with Crippen molar-refractivity contribution in [3.8, 4) is 0 Å². The van der Waals surface area contributed by atoms with Gasteiger partial charge in [0, 0.05) is 6.54 Å². The molecule has 1 N–H and O–H groups in total. The van der Waals surface area contributed by atoms with Gasteiger partial charge in [-0.3, -0.25) is 4.79 Å². The normalized spacial score (nSPS) is 18.3. The number of ether oxygens (including phenoxy) is 2. The fraction of sp³-hybridized carbons (Fsp3) is 0.438. The zero-order valence-corrected chi connectivity index (χ0v) is 15.3. The molecule has 1 aliphatic heterocycles. The number of rotatable bonds is 5. The summed E-state index contributed by atoms with van der Waals surface area (Å²) in [5, 5.41) is 9.00. The van der Waals surface area contributed by atoms with Gasteiger partial charge in [-0.2, -0.15) is 0 Å². The third kappa shape index (κ3) is 4.55. The number of methoxy groups -OCH3 is 1. The number of carbonyl (C=O) groups excluding carboxylic acids is 2. The maximum atomic E-state index is 14.2. The van der Waals surface area contributed by atoms with Gasteiger partial charge >= 0.3 is 12.1 Å². The number of esters is 1. The number of ketones is 1. The molecule has 0 bridgehead atoms. The summed E-state index contributed by atoms with van der Waals surface area (Å²) < 4.78 is 38.1. The second-order valence-electron chi connectivity index (χ2n) is 5.60. The molecule has 2 atom stereocenters. The number of amides is 1. The summed E-state index contributed by atoms with van der Waals surface area (Å²) in [6.45, 7) is 0.434. The standard InChI is InChI=1S/C16H16BrF2NO6/c1-25-15(22)8-4-11(18)13(12(19)5-8)14(21)10(17)6-9-7-20(16(23)24)2-3-26-9/h4-5,9-10H,2-3,6-7H2,1H3,(H,23,24)/t9-,10?/m0/s1. The van der Waals surface area contributed by atoms with E-state index in [0.717, 1.165) is 24.1 Å². The Bertz CT molecular complexity index is 706. The van der Waals surface area contributed by atoms with Crippen LogP contribution >= 0.6 is 15.9 Å². The summed E-state index contributed by atoms with van der Waals surface area (Å²) in [5.74, 6) is -4.16. The molecule has 26 heavy (non-hydrogen) atoms. The van der Waals surface area contributed by atoms with Crippen LogP contribution in [0.1, 0.15) is 27.1 Å². The van der Waals surface area contributed by atoms with Gasteiger partial charge in [-0.05, 0) is 18.6 Å². The largest absolute Gasteiger partial charge is 0.465 e. The summed E-state index contributed by atoms with van der Waals surface area (Å²) in [6, 6.07) is 1.45. The van der Waals surface area contributed by atoms with Gasteiger partial charge < -0.3 is 19.5 Å². The average molecular weight is 436 g/mol. The van der Waals surface area contributed by atoms with Crippen LogP contribution in [-0.4, -0.2) is 65.6 Å². The predicted octanol–water partition coefficient (Wildman–Crippen LogP) is 2.47. The van der Waals surface area contributed by atoms with Crippen LogP contribution in [0.2, 0.25) is 0 Å². The highest BCUT2D eigenvalue weighted by atomic mass is 79.9. The van der Waals surface area contributed by atoms with Crippen LogP contribution in [0.4, 0.5) is 13.6 Å². The average Bonchev–Trinajstić information content (AvgIpc) is 2.60. The molecule has 0 aromatic heterocycles. The quantitative estimate of drug-likeness (QED) is 0.433. The molecule has 1 aromatic rings. The van der Waals surface area contributed by atoms with Gasteiger partial charge in [0.05, 0.1) is 42.3 Å². The maximum Gasteiger partial charge on any atom is 0.407 e. The van der Waals surface area contributed by atoms with Crippen LogP contribution in [0.15, 0.2) is 12.1 Å². The molecule has 1 heterocycles. The van der Waals surface area contributed by atoms with Gasteiger partial charge in [0.25, 0.3) is 0 Å². The number of nitrogens with zero attached hydrogens (tertiary/aromatic N) is 1. The minimum Gasteiger partial charge on any atom is -0.465 e. The molecule has 0 saturated carbocycles. The van der Waals surface area contributed by atoms with E-state index >= 15 is 0 Å². The molecule has 0 radical (unpaired) electrons. The molecule has 0 spiro atoms. The Kier molecular flexibility index (Phi) is 6.65. The summed E-state index contributed by atoms with van der Waals surface area (Å²) >= 11 is 3.08. The van der Waals surface area contributed by atoms with E-state index in [2.05, 4.69) is 20.7 Å². The zero-order valence-electron chi connectivity index (χ0n) is 13.7. The number of morpholine rings is 1. The van der Waals surface area contributed by atoms with E-state index in [0.29, 0.717) is 0 Å². The van der Waals surface area contributed by atoms with E-state index in [9.17, 15) is 23.2 Å². The minimum absolute atomic E-state index is 0.0280. The number of hydrogen-bond donors (Lipinski definition) is 1. The first-order valence-electron chi connectivity index (χ1n) is 7.59. The zero-order chi connectivity index (χ0) is 19.4. The van der Waals surface area contributed by atoms with Crippen molar-refractivity contribution < 1.29 is 37.7 Å². The monoisotopic (exact) mass is 435 g/mol. The number of hydrogen-bond acceptors (Lipinski definition) is 5. The van der Waals surface area contributed by atoms with Gasteiger partial charge in [-0.1, -0.05) is 15.9 Å². The number of benzene rings is 1. The van der Waals surface area contributed by atoms with E-state index in [4.69, 9.17) is 9.84 Å². The van der Waals surface area contributed by atoms with E-state index in [1.54, 1.807) is 0 Å². The Balaban J connectivity index is 2.13. The molecule has 2 rings (SSSR count). The summed E-state index contributed by atoms with van der Waals surface area (Å²) in [4.78, 5) is 34.9. The molecule has 142 valence electrons. The molecule has 10 heteroatoms. The molecule has 1 fully saturated rings. The van der Waals surface area contributed by atoms with Crippen molar-refractivity contribution in [2.75, 3.05) is 26.8 Å². The van der Waals surface area contributed by atoms with Crippen LogP contribution in [0.3, 0.4) is 0 Å². The van der Waals surface area contributed by atoms with Crippen molar-refractivity contribution >= 4 is 33.8 Å². The van der Waals surface area contributed by atoms with Gasteiger partial charge in [0.1, 0.15) is 11.6 Å². The van der Waals surface area contributed by atoms with Crippen molar-refractivity contribution in [1.29, 1.82) is 0 Å². The Hall–Kier alpha value is -2.07. The lowest BCUT2D eigenvalue weighted by Crippen LogP contribution is -2.46. The Labute approximate surface area is 156 Å². The highest BCUT2D eigenvalue weighted by Crippen LogP contribution is 2.24. The van der Waals surface area contributed by atoms with Crippen LogP contribution < -0.4 is 0 Å². The number of Topliss-reactive ketones (excluding diaryl/α,β-unsaturated/α-hetero) is 1. The first-order chi connectivity index (χ1) is 12.2. The summed E-state index contributed by atoms with van der Waals surface area (Å²) in [7, 11) is 1.07. The topological polar surface area (TPSA) is 93.1 Å². The third-order valence-electron chi connectivity index (χ3n) is 3.87. The van der Waals surface area contributed by atoms with E-state index < -0.39 is 46.0 Å². The highest BCUT2D eigenvalue weighted by molar-refractivity contribution is 9.10. The predicted molar refractivity (Wildman–Crippen MR) is 88.7 cm³/mol. The number of carboxylic acid groups (broad SMARTS) is 1. The molecule has 1 amide bonds. The second kappa shape index (κ2) is 8.54. The molecule has 1 unspecified atom stereocenters. The first-order valence-corrected chi connectivity index (χ1v) is 8.51. The van der Waals surface area contributed by atoms with Crippen molar-refractivity contribution in [2.45, 2.75) is 17.4 Å². The Morgan fingerprint density at radius 3 is 2.54 bits per heavy atom. The molecular weight excluding hydrogens is 420 g/mol. The smallest absolute Gasteiger partial charge is 0.407 e. The van der Waals surface area contributed by atoms with Crippen molar-refractivity contribution in [3.05, 3.63) is 34.9 Å². The first kappa shape index (κ1) is 20.2. The minimum atomic E-state index is -1.18. The molecule has 1 aromatic carbocycles. The van der Waals surface area contributed by atoms with Crippen molar-refractivity contribution in [1.82, 2.24) is 4.90 Å². The van der Waals surface area contributed by atoms with E-state index in [1.807, 2.05) is 0 Å². The van der Waals surface area contributed by atoms with Crippen LogP contribution in [0.25, 0.3) is 0 Å². The molecule has 1 saturated heterocycles. The van der Waals surface area contributed by atoms with Gasteiger partial charge in [0.2, 0.25) is 0 Å². The summed E-state index contributed by atoms with van der Waals surface area (Å²) in [6.07, 6.45) is -1.67. The fourth-order valence-electron chi connectivity index (χ4n) is 2.57. The second-order valence-corrected chi connectivity index (χ2v) is 6.70. The fourth-order valence-corrected chi connectivity index (χ4v) is 3.22. The van der Waals surface area contributed by atoms with Crippen LogP contribution in [0, 0.1) is 11.6 Å². The Morgan fingerprint density at radius 2 is 2.00 bits per heavy atom. The lowest BCUT2D eigenvalue weighted by Gasteiger charge is -2.31. The molecule has 0 aliphatic carbocycles. The van der Waals surface area contributed by atoms with E-state index in [-0.39, 0.29) is 31.7 Å². The lowest BCUT2D eigenvalue weighted by atomic mass is 10.0. The number of carbonyl (C=O) groups is 3. The van der Waals surface area contributed by atoms with Crippen molar-refractivity contribution in [2.24, 2.45) is 0 Å². The van der Waals surface area contributed by atoms with Crippen molar-refractivity contribution in [3.63, 3.8) is 0 Å². The Morgan fingerprint density at radius 1 is 1.38 bits per heavy atom. The van der Waals surface area contributed by atoms with Gasteiger partial charge in [-0.15, -0.1) is 0 Å². The van der Waals surface area contributed by atoms with E-state index in [1.165, 1.54) is 0 Å². The third-order valence-corrected chi connectivity index (χ3v) is 4.66. The number of halogens is 3. The summed E-state index contributed by atoms with van der Waals surface area (Å²) in [5.41, 5.74) is -1.14. The van der Waals surface area contributed by atoms with Crippen LogP contribution in [0.5, 0.6) is 0 Å². The highest BCUT2D eigenvalue weighted by Gasteiger charge is 2.31. The SMILES string of the molecule is COC(=O)c1cc(F)c(C(=O)C(Br)C[C@H]2CN(C(=O)O)CCO2)c(F)c1. The molecular formula is C16H16BrF2NO6. The van der Waals surface area contributed by atoms with Crippen LogP contribution in [-0.2, 0) is 9.47 Å². The van der Waals surface area contributed by atoms with Gasteiger partial charge in [0.15, 0.2) is 5.78 Å². The molecule has 1 aliphatic rings. The lowest BCUT2D eigenvalue weighted by molar-refractivity contribution is -0.0245. The number of alkyl halides is 1. The molecule has 7 nitrogen and oxygen atoms in total. The maximum absolute atomic E-state index is 14.2.